The smallest absolute Gasteiger partial charge is 0.257 e. The van der Waals surface area contributed by atoms with Gasteiger partial charge in [0.25, 0.3) is 11.8 Å². The average molecular weight is 557 g/mol. The third kappa shape index (κ3) is 5.46. The topological polar surface area (TPSA) is 71.1 Å². The molecule has 0 saturated heterocycles. The molecular formula is C23H15Br2N3O2S. The van der Waals surface area contributed by atoms with Crippen molar-refractivity contribution in [3.8, 4) is 11.3 Å². The number of anilines is 2. The van der Waals surface area contributed by atoms with Crippen LogP contribution in [0.4, 0.5) is 10.8 Å². The Bertz CT molecular complexity index is 1260. The van der Waals surface area contributed by atoms with Gasteiger partial charge in [0.1, 0.15) is 0 Å². The van der Waals surface area contributed by atoms with Gasteiger partial charge in [-0.25, -0.2) is 4.98 Å². The SMILES string of the molecule is O=C(Nc1ccc(-c2csc(NC(=O)c3cccc(Br)c3)n2)cc1)c1cccc(Br)c1. The van der Waals surface area contributed by atoms with E-state index in [-0.39, 0.29) is 11.8 Å². The summed E-state index contributed by atoms with van der Waals surface area (Å²) in [6.07, 6.45) is 0. The highest BCUT2D eigenvalue weighted by Crippen LogP contribution is 2.27. The summed E-state index contributed by atoms with van der Waals surface area (Å²) in [5, 5.41) is 8.10. The number of halogens is 2. The highest BCUT2D eigenvalue weighted by molar-refractivity contribution is 9.10. The van der Waals surface area contributed by atoms with Crippen LogP contribution in [-0.2, 0) is 0 Å². The van der Waals surface area contributed by atoms with Crippen LogP contribution in [0.15, 0.2) is 87.1 Å². The fourth-order valence-electron chi connectivity index (χ4n) is 2.82. The van der Waals surface area contributed by atoms with E-state index in [0.29, 0.717) is 21.9 Å². The van der Waals surface area contributed by atoms with Gasteiger partial charge < -0.3 is 5.32 Å². The van der Waals surface area contributed by atoms with Gasteiger partial charge in [0.2, 0.25) is 0 Å². The normalized spacial score (nSPS) is 10.5. The van der Waals surface area contributed by atoms with E-state index < -0.39 is 0 Å². The molecule has 0 radical (unpaired) electrons. The van der Waals surface area contributed by atoms with Crippen molar-refractivity contribution in [2.75, 3.05) is 10.6 Å². The number of carbonyl (C=O) groups is 2. The minimum Gasteiger partial charge on any atom is -0.322 e. The lowest BCUT2D eigenvalue weighted by Gasteiger charge is -2.06. The fraction of sp³-hybridized carbons (Fsp3) is 0. The zero-order valence-corrected chi connectivity index (χ0v) is 19.9. The van der Waals surface area contributed by atoms with Gasteiger partial charge >= 0.3 is 0 Å². The number of hydrogen-bond acceptors (Lipinski definition) is 4. The first-order valence-corrected chi connectivity index (χ1v) is 11.6. The Morgan fingerprint density at radius 2 is 1.35 bits per heavy atom. The van der Waals surface area contributed by atoms with Gasteiger partial charge in [-0.15, -0.1) is 11.3 Å². The summed E-state index contributed by atoms with van der Waals surface area (Å²) >= 11 is 8.09. The second-order valence-corrected chi connectivity index (χ2v) is 9.23. The third-order valence-corrected chi connectivity index (χ3v) is 6.08. The van der Waals surface area contributed by atoms with Gasteiger partial charge in [0.15, 0.2) is 5.13 Å². The molecule has 31 heavy (non-hydrogen) atoms. The molecule has 5 nitrogen and oxygen atoms in total. The summed E-state index contributed by atoms with van der Waals surface area (Å²) < 4.78 is 1.69. The average Bonchev–Trinajstić information content (AvgIpc) is 3.22. The first-order valence-electron chi connectivity index (χ1n) is 9.18. The fourth-order valence-corrected chi connectivity index (χ4v) is 4.33. The van der Waals surface area contributed by atoms with Crippen LogP contribution in [0.5, 0.6) is 0 Å². The molecule has 1 heterocycles. The number of aromatic nitrogens is 1. The molecule has 0 bridgehead atoms. The number of amides is 2. The second-order valence-electron chi connectivity index (χ2n) is 6.54. The summed E-state index contributed by atoms with van der Waals surface area (Å²) in [5.74, 6) is -0.395. The Kier molecular flexibility index (Phi) is 6.60. The highest BCUT2D eigenvalue weighted by atomic mass is 79.9. The second kappa shape index (κ2) is 9.55. The van der Waals surface area contributed by atoms with E-state index in [9.17, 15) is 9.59 Å². The summed E-state index contributed by atoms with van der Waals surface area (Å²) in [4.78, 5) is 29.3. The molecule has 0 spiro atoms. The number of nitrogens with zero attached hydrogens (tertiary/aromatic N) is 1. The van der Waals surface area contributed by atoms with E-state index in [2.05, 4.69) is 47.5 Å². The van der Waals surface area contributed by atoms with Crippen molar-refractivity contribution < 1.29 is 9.59 Å². The Morgan fingerprint density at radius 3 is 1.94 bits per heavy atom. The molecule has 3 aromatic carbocycles. The van der Waals surface area contributed by atoms with E-state index in [4.69, 9.17) is 0 Å². The zero-order valence-electron chi connectivity index (χ0n) is 15.9. The lowest BCUT2D eigenvalue weighted by Crippen LogP contribution is -2.11. The number of rotatable bonds is 5. The minimum atomic E-state index is -0.215. The molecule has 2 amide bonds. The summed E-state index contributed by atoms with van der Waals surface area (Å²) in [7, 11) is 0. The molecule has 8 heteroatoms. The van der Waals surface area contributed by atoms with Crippen LogP contribution >= 0.6 is 43.2 Å². The third-order valence-electron chi connectivity index (χ3n) is 4.34. The molecule has 0 aliphatic rings. The van der Waals surface area contributed by atoms with Crippen LogP contribution in [-0.4, -0.2) is 16.8 Å². The highest BCUT2D eigenvalue weighted by Gasteiger charge is 2.11. The van der Waals surface area contributed by atoms with Crippen LogP contribution in [0, 0.1) is 0 Å². The van der Waals surface area contributed by atoms with Crippen LogP contribution in [0.3, 0.4) is 0 Å². The lowest BCUT2D eigenvalue weighted by molar-refractivity contribution is 0.101. The van der Waals surface area contributed by atoms with E-state index in [1.807, 2.05) is 53.9 Å². The number of carbonyl (C=O) groups excluding carboxylic acids is 2. The van der Waals surface area contributed by atoms with Gasteiger partial charge in [-0.2, -0.15) is 0 Å². The molecule has 2 N–H and O–H groups in total. The largest absolute Gasteiger partial charge is 0.322 e. The molecule has 0 aliphatic carbocycles. The number of nitrogens with one attached hydrogen (secondary N) is 2. The molecule has 4 rings (SSSR count). The Morgan fingerprint density at radius 1 is 0.774 bits per heavy atom. The van der Waals surface area contributed by atoms with Gasteiger partial charge in [0.05, 0.1) is 5.69 Å². The monoisotopic (exact) mass is 555 g/mol. The van der Waals surface area contributed by atoms with Crippen molar-refractivity contribution >= 4 is 65.8 Å². The van der Waals surface area contributed by atoms with E-state index in [1.54, 1.807) is 24.3 Å². The number of hydrogen-bond donors (Lipinski definition) is 2. The van der Waals surface area contributed by atoms with Gasteiger partial charge in [-0.3, -0.25) is 14.9 Å². The predicted octanol–water partition coefficient (Wildman–Crippen LogP) is 6.84. The quantitative estimate of drug-likeness (QED) is 0.283. The maximum atomic E-state index is 12.4. The van der Waals surface area contributed by atoms with Crippen molar-refractivity contribution in [2.45, 2.75) is 0 Å². The van der Waals surface area contributed by atoms with Crippen molar-refractivity contribution in [1.82, 2.24) is 4.98 Å². The zero-order chi connectivity index (χ0) is 21.8. The van der Waals surface area contributed by atoms with Crippen molar-refractivity contribution in [1.29, 1.82) is 0 Å². The van der Waals surface area contributed by atoms with Gasteiger partial charge in [-0.05, 0) is 48.5 Å². The molecule has 0 fully saturated rings. The van der Waals surface area contributed by atoms with Crippen LogP contribution < -0.4 is 10.6 Å². The molecular weight excluding hydrogens is 542 g/mol. The van der Waals surface area contributed by atoms with Crippen molar-refractivity contribution in [2.24, 2.45) is 0 Å². The number of benzene rings is 3. The lowest BCUT2D eigenvalue weighted by atomic mass is 10.1. The maximum Gasteiger partial charge on any atom is 0.257 e. The molecule has 0 aliphatic heterocycles. The predicted molar refractivity (Wildman–Crippen MR) is 132 cm³/mol. The first kappa shape index (κ1) is 21.4. The first-order chi connectivity index (χ1) is 15.0. The Hall–Kier alpha value is -2.81. The molecule has 0 saturated carbocycles. The molecule has 4 aromatic rings. The van der Waals surface area contributed by atoms with Gasteiger partial charge in [-0.1, -0.05) is 56.1 Å². The van der Waals surface area contributed by atoms with Crippen LogP contribution in [0.1, 0.15) is 20.7 Å². The Balaban J connectivity index is 1.42. The summed E-state index contributed by atoms with van der Waals surface area (Å²) in [5.41, 5.74) is 3.45. The minimum absolute atomic E-state index is 0.180. The van der Waals surface area contributed by atoms with E-state index >= 15 is 0 Å². The van der Waals surface area contributed by atoms with Crippen molar-refractivity contribution in [3.05, 3.63) is 98.2 Å². The number of thiazole rings is 1. The standard InChI is InChI=1S/C23H15Br2N3O2S/c24-17-5-1-3-15(11-17)21(29)26-19-9-7-14(8-10-19)20-13-31-23(27-20)28-22(30)16-4-2-6-18(25)12-16/h1-13H,(H,26,29)(H,27,28,30). The molecule has 0 atom stereocenters. The molecule has 154 valence electrons. The van der Waals surface area contributed by atoms with Crippen LogP contribution in [0.2, 0.25) is 0 Å². The van der Waals surface area contributed by atoms with Crippen molar-refractivity contribution in [3.63, 3.8) is 0 Å². The summed E-state index contributed by atoms with van der Waals surface area (Å²) in [6, 6.07) is 21.8. The van der Waals surface area contributed by atoms with E-state index in [0.717, 1.165) is 20.2 Å². The summed E-state index contributed by atoms with van der Waals surface area (Å²) in [6.45, 7) is 0. The molecule has 0 unspecified atom stereocenters. The molecule has 1 aromatic heterocycles. The van der Waals surface area contributed by atoms with Crippen LogP contribution in [0.25, 0.3) is 11.3 Å². The maximum absolute atomic E-state index is 12.4. The Labute approximate surface area is 199 Å². The van der Waals surface area contributed by atoms with E-state index in [1.165, 1.54) is 11.3 Å². The van der Waals surface area contributed by atoms with Gasteiger partial charge in [0, 0.05) is 36.7 Å².